The summed E-state index contributed by atoms with van der Waals surface area (Å²) < 4.78 is 28.1. The molecule has 31 heavy (non-hydrogen) atoms. The van der Waals surface area contributed by atoms with E-state index in [1.807, 2.05) is 24.3 Å². The Morgan fingerprint density at radius 2 is 1.84 bits per heavy atom. The van der Waals surface area contributed by atoms with Crippen LogP contribution in [-0.2, 0) is 0 Å². The first kappa shape index (κ1) is 19.7. The van der Waals surface area contributed by atoms with Gasteiger partial charge < -0.3 is 15.3 Å². The van der Waals surface area contributed by atoms with Crippen molar-refractivity contribution in [3.63, 3.8) is 0 Å². The maximum absolute atomic E-state index is 14.3. The van der Waals surface area contributed by atoms with Crippen LogP contribution in [0.4, 0.5) is 14.5 Å². The molecule has 0 radical (unpaired) electrons. The Kier molecular flexibility index (Phi) is 4.94. The SMILES string of the molecule is O=C(c1ccccc1F)N1CC[C@@H]2[C@H](CO)Nc3ccc(-c4cccc(F)c4)cc3[C@@H]21. The molecule has 1 fully saturated rings. The number of hydrogen-bond acceptors (Lipinski definition) is 3. The standard InChI is InChI=1S/C25H22F2N2O2/c26-17-5-3-4-15(12-17)16-8-9-22-20(13-16)24-19(23(14-30)28-22)10-11-29(24)25(31)18-6-1-2-7-21(18)27/h1-9,12-13,19,23-24,28,30H,10-11,14H2/t19-,23+,24-/m1/s1. The number of amides is 1. The number of nitrogens with one attached hydrogen (secondary N) is 1. The minimum Gasteiger partial charge on any atom is -0.394 e. The molecule has 4 nitrogen and oxygen atoms in total. The molecule has 0 unspecified atom stereocenters. The third-order valence-electron chi connectivity index (χ3n) is 6.39. The van der Waals surface area contributed by atoms with E-state index >= 15 is 0 Å². The molecule has 3 aromatic rings. The van der Waals surface area contributed by atoms with Gasteiger partial charge in [0.15, 0.2) is 0 Å². The largest absolute Gasteiger partial charge is 0.394 e. The Balaban J connectivity index is 1.59. The van der Waals surface area contributed by atoms with Crippen molar-refractivity contribution in [1.82, 2.24) is 4.90 Å². The molecule has 2 aliphatic rings. The number of fused-ring (bicyclic) bond motifs is 3. The maximum Gasteiger partial charge on any atom is 0.257 e. The van der Waals surface area contributed by atoms with Gasteiger partial charge in [-0.25, -0.2) is 8.78 Å². The lowest BCUT2D eigenvalue weighted by Crippen LogP contribution is -2.43. The molecule has 0 aliphatic carbocycles. The van der Waals surface area contributed by atoms with Gasteiger partial charge in [-0.15, -0.1) is 0 Å². The molecule has 0 spiro atoms. The number of carbonyl (C=O) groups is 1. The number of likely N-dealkylation sites (tertiary alicyclic amines) is 1. The van der Waals surface area contributed by atoms with Gasteiger partial charge in [-0.05, 0) is 59.5 Å². The zero-order valence-corrected chi connectivity index (χ0v) is 16.8. The van der Waals surface area contributed by atoms with E-state index < -0.39 is 5.82 Å². The molecule has 0 bridgehead atoms. The highest BCUT2D eigenvalue weighted by Gasteiger charge is 2.46. The quantitative estimate of drug-likeness (QED) is 0.650. The first-order valence-corrected chi connectivity index (χ1v) is 10.4. The first-order valence-electron chi connectivity index (χ1n) is 10.4. The van der Waals surface area contributed by atoms with Gasteiger partial charge in [0.25, 0.3) is 5.91 Å². The van der Waals surface area contributed by atoms with Crippen LogP contribution in [0.25, 0.3) is 11.1 Å². The molecule has 1 amide bonds. The second kappa shape index (κ2) is 7.78. The summed E-state index contributed by atoms with van der Waals surface area (Å²) >= 11 is 0. The zero-order chi connectivity index (χ0) is 21.5. The topological polar surface area (TPSA) is 52.6 Å². The fourth-order valence-electron chi connectivity index (χ4n) is 4.93. The molecule has 1 saturated heterocycles. The second-order valence-electron chi connectivity index (χ2n) is 8.12. The van der Waals surface area contributed by atoms with Crippen molar-refractivity contribution in [2.24, 2.45) is 5.92 Å². The van der Waals surface area contributed by atoms with Gasteiger partial charge >= 0.3 is 0 Å². The number of anilines is 1. The Morgan fingerprint density at radius 3 is 2.61 bits per heavy atom. The minimum atomic E-state index is -0.544. The molecule has 2 aliphatic heterocycles. The van der Waals surface area contributed by atoms with E-state index in [0.29, 0.717) is 13.0 Å². The summed E-state index contributed by atoms with van der Waals surface area (Å²) in [6.45, 7) is 0.415. The number of aliphatic hydroxyl groups excluding tert-OH is 1. The van der Waals surface area contributed by atoms with E-state index in [4.69, 9.17) is 0 Å². The highest BCUT2D eigenvalue weighted by atomic mass is 19.1. The monoisotopic (exact) mass is 420 g/mol. The number of nitrogens with zero attached hydrogens (tertiary/aromatic N) is 1. The lowest BCUT2D eigenvalue weighted by Gasteiger charge is -2.39. The second-order valence-corrected chi connectivity index (χ2v) is 8.12. The molecular weight excluding hydrogens is 398 g/mol. The predicted molar refractivity (Wildman–Crippen MR) is 115 cm³/mol. The summed E-state index contributed by atoms with van der Waals surface area (Å²) in [5.74, 6) is -1.22. The number of halogens is 2. The van der Waals surface area contributed by atoms with Gasteiger partial charge in [-0.2, -0.15) is 0 Å². The normalized spacial score (nSPS) is 21.9. The molecule has 0 saturated carbocycles. The van der Waals surface area contributed by atoms with Crippen LogP contribution in [0.3, 0.4) is 0 Å². The molecule has 2 N–H and O–H groups in total. The summed E-state index contributed by atoms with van der Waals surface area (Å²) in [7, 11) is 0. The van der Waals surface area contributed by atoms with E-state index in [1.165, 1.54) is 24.3 Å². The zero-order valence-electron chi connectivity index (χ0n) is 16.8. The van der Waals surface area contributed by atoms with Crippen LogP contribution < -0.4 is 5.32 Å². The van der Waals surface area contributed by atoms with Crippen molar-refractivity contribution in [1.29, 1.82) is 0 Å². The maximum atomic E-state index is 14.3. The van der Waals surface area contributed by atoms with E-state index in [9.17, 15) is 18.7 Å². The van der Waals surface area contributed by atoms with Gasteiger partial charge in [0, 0.05) is 18.2 Å². The van der Waals surface area contributed by atoms with Crippen molar-refractivity contribution in [3.8, 4) is 11.1 Å². The third kappa shape index (κ3) is 3.37. The van der Waals surface area contributed by atoms with Crippen molar-refractivity contribution >= 4 is 11.6 Å². The molecule has 3 aromatic carbocycles. The number of rotatable bonds is 3. The molecule has 6 heteroatoms. The average Bonchev–Trinajstić information content (AvgIpc) is 3.24. The number of aliphatic hydroxyl groups is 1. The molecule has 5 rings (SSSR count). The van der Waals surface area contributed by atoms with Crippen molar-refractivity contribution in [3.05, 3.63) is 89.5 Å². The number of hydrogen-bond donors (Lipinski definition) is 2. The van der Waals surface area contributed by atoms with Crippen LogP contribution in [-0.4, -0.2) is 35.1 Å². The predicted octanol–water partition coefficient (Wildman–Crippen LogP) is 4.62. The summed E-state index contributed by atoms with van der Waals surface area (Å²) in [4.78, 5) is 15.0. The van der Waals surface area contributed by atoms with E-state index in [1.54, 1.807) is 23.1 Å². The number of carbonyl (C=O) groups excluding carboxylic acids is 1. The molecular formula is C25H22F2N2O2. The van der Waals surface area contributed by atoms with Crippen LogP contribution in [0.5, 0.6) is 0 Å². The Labute approximate surface area is 179 Å². The molecule has 3 atom stereocenters. The van der Waals surface area contributed by atoms with Crippen LogP contribution >= 0.6 is 0 Å². The average molecular weight is 420 g/mol. The Bertz CT molecular complexity index is 1150. The molecule has 0 aromatic heterocycles. The third-order valence-corrected chi connectivity index (χ3v) is 6.39. The van der Waals surface area contributed by atoms with Gasteiger partial charge in [-0.3, -0.25) is 4.79 Å². The Hall–Kier alpha value is -3.25. The lowest BCUT2D eigenvalue weighted by atomic mass is 9.82. The highest BCUT2D eigenvalue weighted by molar-refractivity contribution is 5.95. The van der Waals surface area contributed by atoms with Crippen LogP contribution in [0.15, 0.2) is 66.7 Å². The smallest absolute Gasteiger partial charge is 0.257 e. The molecule has 158 valence electrons. The van der Waals surface area contributed by atoms with Crippen molar-refractivity contribution < 1.29 is 18.7 Å². The minimum absolute atomic E-state index is 0.00372. The van der Waals surface area contributed by atoms with Gasteiger partial charge in [0.05, 0.1) is 24.3 Å². The van der Waals surface area contributed by atoms with E-state index in [2.05, 4.69) is 5.32 Å². The van der Waals surface area contributed by atoms with Gasteiger partial charge in [0.2, 0.25) is 0 Å². The fraction of sp³-hybridized carbons (Fsp3) is 0.240. The van der Waals surface area contributed by atoms with Crippen LogP contribution in [0.1, 0.15) is 28.4 Å². The van der Waals surface area contributed by atoms with E-state index in [0.717, 1.165) is 22.4 Å². The Morgan fingerprint density at radius 1 is 1.03 bits per heavy atom. The van der Waals surface area contributed by atoms with E-state index in [-0.39, 0.29) is 41.9 Å². The van der Waals surface area contributed by atoms with Crippen molar-refractivity contribution in [2.75, 3.05) is 18.5 Å². The lowest BCUT2D eigenvalue weighted by molar-refractivity contribution is 0.0696. The van der Waals surface area contributed by atoms with Crippen LogP contribution in [0, 0.1) is 17.6 Å². The van der Waals surface area contributed by atoms with Crippen LogP contribution in [0.2, 0.25) is 0 Å². The van der Waals surface area contributed by atoms with Crippen molar-refractivity contribution in [2.45, 2.75) is 18.5 Å². The summed E-state index contributed by atoms with van der Waals surface area (Å²) in [6.07, 6.45) is 0.701. The first-order chi connectivity index (χ1) is 15.1. The summed E-state index contributed by atoms with van der Waals surface area (Å²) in [5, 5.41) is 13.3. The van der Waals surface area contributed by atoms with Gasteiger partial charge in [0.1, 0.15) is 11.6 Å². The highest BCUT2D eigenvalue weighted by Crippen LogP contribution is 2.47. The molecule has 2 heterocycles. The summed E-state index contributed by atoms with van der Waals surface area (Å²) in [6, 6.07) is 17.6. The fourth-order valence-corrected chi connectivity index (χ4v) is 4.93. The van der Waals surface area contributed by atoms with Gasteiger partial charge in [-0.1, -0.05) is 30.3 Å². The summed E-state index contributed by atoms with van der Waals surface area (Å²) in [5.41, 5.74) is 3.36. The number of benzene rings is 3.